The Kier molecular flexibility index (Phi) is 6.33. The van der Waals surface area contributed by atoms with Gasteiger partial charge < -0.3 is 15.8 Å². The molecule has 3 aromatic rings. The molecular weight excluding hydrogens is 372 g/mol. The highest BCUT2D eigenvalue weighted by Gasteiger charge is 2.13. The maximum absolute atomic E-state index is 12.7. The number of hydrogen-bond acceptors (Lipinski definition) is 4. The van der Waals surface area contributed by atoms with Crippen LogP contribution in [0.2, 0.25) is 0 Å². The molecule has 3 N–H and O–H groups in total. The highest BCUT2D eigenvalue weighted by atomic mass is 16.5. The van der Waals surface area contributed by atoms with Crippen molar-refractivity contribution < 1.29 is 14.3 Å². The summed E-state index contributed by atoms with van der Waals surface area (Å²) in [7, 11) is 0. The molecule has 0 bridgehead atoms. The quantitative estimate of drug-likeness (QED) is 0.577. The zero-order chi connectivity index (χ0) is 20.8. The lowest BCUT2D eigenvalue weighted by Gasteiger charge is -2.08. The predicted molar refractivity (Wildman–Crippen MR) is 111 cm³/mol. The average molecular weight is 396 g/mol. The number of aryl methyl sites for hydroxylation is 2. The summed E-state index contributed by atoms with van der Waals surface area (Å²) in [4.78, 5) is 35.8. The van der Waals surface area contributed by atoms with Crippen molar-refractivity contribution in [2.24, 2.45) is 5.73 Å². The zero-order valence-electron chi connectivity index (χ0n) is 16.3. The van der Waals surface area contributed by atoms with E-state index in [1.807, 2.05) is 31.2 Å². The number of nitrogens with zero attached hydrogens (tertiary/aromatic N) is 2. The lowest BCUT2D eigenvalue weighted by Crippen LogP contribution is -2.26. The first kappa shape index (κ1) is 20.2. The molecule has 29 heavy (non-hydrogen) atoms. The molecule has 8 heteroatoms. The fourth-order valence-electron chi connectivity index (χ4n) is 3.15. The van der Waals surface area contributed by atoms with Crippen molar-refractivity contribution in [1.29, 1.82) is 0 Å². The minimum atomic E-state index is -0.557. The molecule has 0 spiro atoms. The van der Waals surface area contributed by atoms with Crippen LogP contribution in [-0.2, 0) is 22.7 Å². The van der Waals surface area contributed by atoms with Gasteiger partial charge in [-0.3, -0.25) is 18.7 Å². The Labute approximate surface area is 167 Å². The number of benzene rings is 2. The summed E-state index contributed by atoms with van der Waals surface area (Å²) in [5.74, 6) is -0.273. The maximum Gasteiger partial charge on any atom is 0.329 e. The van der Waals surface area contributed by atoms with E-state index in [4.69, 9.17) is 10.5 Å². The fraction of sp³-hybridized carbons (Fsp3) is 0.286. The molecule has 2 amide bonds. The third-order valence-electron chi connectivity index (χ3n) is 4.45. The number of nitrogens with one attached hydrogen (secondary N) is 1. The van der Waals surface area contributed by atoms with Crippen LogP contribution in [0.5, 0.6) is 5.75 Å². The number of amides is 2. The van der Waals surface area contributed by atoms with Gasteiger partial charge in [0.15, 0.2) is 6.61 Å². The van der Waals surface area contributed by atoms with E-state index in [0.29, 0.717) is 24.5 Å². The summed E-state index contributed by atoms with van der Waals surface area (Å²) in [6.45, 7) is 2.76. The number of ether oxygens (including phenoxy) is 1. The number of hydrogen-bond donors (Lipinski definition) is 2. The molecule has 0 aliphatic rings. The monoisotopic (exact) mass is 396 g/mol. The van der Waals surface area contributed by atoms with Gasteiger partial charge in [-0.05, 0) is 42.8 Å². The minimum Gasteiger partial charge on any atom is -0.484 e. The van der Waals surface area contributed by atoms with E-state index >= 15 is 0 Å². The van der Waals surface area contributed by atoms with E-state index < -0.39 is 5.91 Å². The van der Waals surface area contributed by atoms with Gasteiger partial charge in [0.1, 0.15) is 5.75 Å². The van der Waals surface area contributed by atoms with Crippen LogP contribution in [0, 0.1) is 0 Å². The smallest absolute Gasteiger partial charge is 0.329 e. The second kappa shape index (κ2) is 9.09. The van der Waals surface area contributed by atoms with Crippen molar-refractivity contribution in [2.45, 2.75) is 32.9 Å². The van der Waals surface area contributed by atoms with E-state index in [1.165, 1.54) is 0 Å². The zero-order valence-corrected chi connectivity index (χ0v) is 16.3. The molecule has 0 aliphatic heterocycles. The Hall–Kier alpha value is -3.55. The van der Waals surface area contributed by atoms with Crippen LogP contribution < -0.4 is 21.5 Å². The Morgan fingerprint density at radius 3 is 2.21 bits per heavy atom. The largest absolute Gasteiger partial charge is 0.484 e. The summed E-state index contributed by atoms with van der Waals surface area (Å²) < 4.78 is 8.57. The van der Waals surface area contributed by atoms with Crippen LogP contribution in [0.15, 0.2) is 53.3 Å². The van der Waals surface area contributed by atoms with Gasteiger partial charge in [-0.2, -0.15) is 0 Å². The molecule has 1 aromatic heterocycles. The highest BCUT2D eigenvalue weighted by Crippen LogP contribution is 2.17. The van der Waals surface area contributed by atoms with Crippen molar-refractivity contribution in [3.63, 3.8) is 0 Å². The molecule has 0 saturated heterocycles. The van der Waals surface area contributed by atoms with Crippen LogP contribution in [0.1, 0.15) is 19.8 Å². The number of fused-ring (bicyclic) bond motifs is 1. The van der Waals surface area contributed by atoms with Crippen molar-refractivity contribution in [2.75, 3.05) is 11.9 Å². The molecule has 8 nitrogen and oxygen atoms in total. The Balaban J connectivity index is 1.65. The molecule has 0 saturated carbocycles. The van der Waals surface area contributed by atoms with Crippen molar-refractivity contribution in [3.05, 3.63) is 59.0 Å². The van der Waals surface area contributed by atoms with Crippen LogP contribution in [0.25, 0.3) is 11.0 Å². The predicted octanol–water partition coefficient (Wildman–Crippen LogP) is 2.11. The number of aromatic nitrogens is 2. The molecule has 0 fully saturated rings. The topological polar surface area (TPSA) is 108 Å². The van der Waals surface area contributed by atoms with Gasteiger partial charge >= 0.3 is 5.69 Å². The van der Waals surface area contributed by atoms with Gasteiger partial charge in [0.2, 0.25) is 5.91 Å². The number of primary amides is 1. The summed E-state index contributed by atoms with van der Waals surface area (Å²) in [6.07, 6.45) is 1.02. The number of anilines is 1. The van der Waals surface area contributed by atoms with Gasteiger partial charge in [-0.15, -0.1) is 0 Å². The molecular formula is C21H24N4O4. The second-order valence-corrected chi connectivity index (χ2v) is 6.65. The van der Waals surface area contributed by atoms with Crippen LogP contribution in [-0.4, -0.2) is 27.6 Å². The Bertz CT molecular complexity index is 1070. The summed E-state index contributed by atoms with van der Waals surface area (Å²) in [5, 5.41) is 2.80. The number of para-hydroxylation sites is 2. The summed E-state index contributed by atoms with van der Waals surface area (Å²) >= 11 is 0. The number of imidazole rings is 1. The fourth-order valence-corrected chi connectivity index (χ4v) is 3.15. The number of rotatable bonds is 9. The SMILES string of the molecule is CCCn1c(=O)n(CCC(=O)Nc2ccc(OCC(N)=O)cc2)c2ccccc21. The van der Waals surface area contributed by atoms with E-state index in [1.54, 1.807) is 33.4 Å². The number of carbonyl (C=O) groups excluding carboxylic acids is 2. The van der Waals surface area contributed by atoms with Gasteiger partial charge in [-0.1, -0.05) is 19.1 Å². The first-order valence-electron chi connectivity index (χ1n) is 9.48. The van der Waals surface area contributed by atoms with Gasteiger partial charge in [-0.25, -0.2) is 4.79 Å². The highest BCUT2D eigenvalue weighted by molar-refractivity contribution is 5.90. The standard InChI is InChI=1S/C21H24N4O4/c1-2-12-24-17-5-3-4-6-18(17)25(21(24)28)13-11-20(27)23-15-7-9-16(10-8-15)29-14-19(22)26/h3-10H,2,11-14H2,1H3,(H2,22,26)(H,23,27). The van der Waals surface area contributed by atoms with Crippen molar-refractivity contribution in [1.82, 2.24) is 9.13 Å². The number of nitrogens with two attached hydrogens (primary N) is 1. The molecule has 0 aliphatic carbocycles. The van der Waals surface area contributed by atoms with Gasteiger partial charge in [0.05, 0.1) is 11.0 Å². The first-order valence-corrected chi connectivity index (χ1v) is 9.48. The molecule has 3 rings (SSSR count). The van der Waals surface area contributed by atoms with E-state index in [9.17, 15) is 14.4 Å². The minimum absolute atomic E-state index is 0.100. The molecule has 2 aromatic carbocycles. The van der Waals surface area contributed by atoms with E-state index in [0.717, 1.165) is 17.5 Å². The lowest BCUT2D eigenvalue weighted by molar-refractivity contribution is -0.120. The first-order chi connectivity index (χ1) is 14.0. The second-order valence-electron chi connectivity index (χ2n) is 6.65. The van der Waals surface area contributed by atoms with Gasteiger partial charge in [0.25, 0.3) is 5.91 Å². The molecule has 1 heterocycles. The average Bonchev–Trinajstić information content (AvgIpc) is 2.97. The summed E-state index contributed by atoms with van der Waals surface area (Å²) in [5.41, 5.74) is 7.24. The van der Waals surface area contributed by atoms with Crippen LogP contribution >= 0.6 is 0 Å². The molecule has 0 unspecified atom stereocenters. The van der Waals surface area contributed by atoms with Crippen molar-refractivity contribution >= 4 is 28.5 Å². The molecule has 0 atom stereocenters. The molecule has 152 valence electrons. The number of carbonyl (C=O) groups is 2. The van der Waals surface area contributed by atoms with Crippen molar-refractivity contribution in [3.8, 4) is 5.75 Å². The maximum atomic E-state index is 12.7. The Morgan fingerprint density at radius 1 is 1.00 bits per heavy atom. The van der Waals surface area contributed by atoms with Crippen LogP contribution in [0.4, 0.5) is 5.69 Å². The third kappa shape index (κ3) is 4.84. The Morgan fingerprint density at radius 2 is 1.62 bits per heavy atom. The third-order valence-corrected chi connectivity index (χ3v) is 4.45. The van der Waals surface area contributed by atoms with E-state index in [2.05, 4.69) is 5.32 Å². The summed E-state index contributed by atoms with van der Waals surface area (Å²) in [6, 6.07) is 14.2. The van der Waals surface area contributed by atoms with Gasteiger partial charge in [0, 0.05) is 25.2 Å². The van der Waals surface area contributed by atoms with E-state index in [-0.39, 0.29) is 24.6 Å². The normalized spacial score (nSPS) is 10.8. The lowest BCUT2D eigenvalue weighted by atomic mass is 10.2. The molecule has 0 radical (unpaired) electrons. The van der Waals surface area contributed by atoms with Crippen LogP contribution in [0.3, 0.4) is 0 Å².